The van der Waals surface area contributed by atoms with Gasteiger partial charge in [-0.1, -0.05) is 23.4 Å². The first kappa shape index (κ1) is 16.2. The summed E-state index contributed by atoms with van der Waals surface area (Å²) in [7, 11) is 0. The zero-order chi connectivity index (χ0) is 14.5. The van der Waals surface area contributed by atoms with Gasteiger partial charge in [-0.25, -0.2) is 4.79 Å². The topological polar surface area (TPSA) is 116 Å². The Balaban J connectivity index is 0.000000300. The van der Waals surface area contributed by atoms with E-state index in [1.54, 1.807) is 24.4 Å². The summed E-state index contributed by atoms with van der Waals surface area (Å²) in [6.07, 6.45) is 1.76. The number of esters is 1. The molecule has 102 valence electrons. The van der Waals surface area contributed by atoms with Crippen molar-refractivity contribution in [2.75, 3.05) is 0 Å². The predicted octanol–water partition coefficient (Wildman–Crippen LogP) is 1.91. The monoisotopic (exact) mass is 266 g/mol. The zero-order valence-corrected chi connectivity index (χ0v) is 10.2. The number of hydrogen-bond acceptors (Lipinski definition) is 5. The molecule has 1 heterocycles. The number of nitrogens with two attached hydrogens (primary N) is 1. The van der Waals surface area contributed by atoms with Crippen LogP contribution >= 0.6 is 0 Å². The van der Waals surface area contributed by atoms with Gasteiger partial charge in [0.05, 0.1) is 6.20 Å². The second-order valence-corrected chi connectivity index (χ2v) is 2.93. The molecule has 19 heavy (non-hydrogen) atoms. The summed E-state index contributed by atoms with van der Waals surface area (Å²) in [5, 5.41) is 10.5. The summed E-state index contributed by atoms with van der Waals surface area (Å²) in [6, 6.07) is 10.7. The quantitative estimate of drug-likeness (QED) is 0.601. The Morgan fingerprint density at radius 3 is 2.16 bits per heavy atom. The van der Waals surface area contributed by atoms with Gasteiger partial charge in [0.2, 0.25) is 0 Å². The SMILES string of the molecule is CC(=O)Oc1ccccc1.NC(=O)O.c1cnoc1. The molecule has 7 heteroatoms. The number of primary amides is 1. The molecule has 0 fully saturated rings. The standard InChI is InChI=1S/C8H8O2.C3H3NO.CH3NO2/c1-7(9)10-8-5-3-2-4-6-8;1-2-4-5-3-1;2-1(3)4/h2-6H,1H3;1-3H;2H2,(H,3,4). The fourth-order valence-electron chi connectivity index (χ4n) is 0.830. The fraction of sp³-hybridized carbons (Fsp3) is 0.0833. The first-order valence-corrected chi connectivity index (χ1v) is 5.08. The molecule has 0 unspecified atom stereocenters. The lowest BCUT2D eigenvalue weighted by atomic mass is 10.3. The molecule has 0 aliphatic carbocycles. The Morgan fingerprint density at radius 2 is 1.84 bits per heavy atom. The maximum absolute atomic E-state index is 10.4. The highest BCUT2D eigenvalue weighted by atomic mass is 16.5. The number of para-hydroxylation sites is 1. The van der Waals surface area contributed by atoms with Crippen LogP contribution in [-0.2, 0) is 4.79 Å². The van der Waals surface area contributed by atoms with Crippen molar-refractivity contribution in [2.45, 2.75) is 6.92 Å². The molecule has 0 aliphatic rings. The highest BCUT2D eigenvalue weighted by Gasteiger charge is 1.92. The Morgan fingerprint density at radius 1 is 1.26 bits per heavy atom. The average Bonchev–Trinajstić information content (AvgIpc) is 2.87. The number of carbonyl (C=O) groups excluding carboxylic acids is 1. The molecule has 0 saturated heterocycles. The number of carbonyl (C=O) groups is 2. The van der Waals surface area contributed by atoms with Gasteiger partial charge in [0.1, 0.15) is 12.0 Å². The number of ether oxygens (including phenoxy) is 1. The van der Waals surface area contributed by atoms with E-state index >= 15 is 0 Å². The van der Waals surface area contributed by atoms with E-state index in [-0.39, 0.29) is 5.97 Å². The van der Waals surface area contributed by atoms with E-state index in [2.05, 4.69) is 15.4 Å². The minimum absolute atomic E-state index is 0.286. The molecule has 0 aliphatic heterocycles. The molecule has 1 amide bonds. The predicted molar refractivity (Wildman–Crippen MR) is 66.5 cm³/mol. The third-order valence-corrected chi connectivity index (χ3v) is 1.35. The van der Waals surface area contributed by atoms with Crippen molar-refractivity contribution in [3.8, 4) is 5.75 Å². The molecule has 2 rings (SSSR count). The summed E-state index contributed by atoms with van der Waals surface area (Å²) in [5.74, 6) is 0.307. The van der Waals surface area contributed by atoms with E-state index in [0.717, 1.165) is 0 Å². The summed E-state index contributed by atoms with van der Waals surface area (Å²) < 4.78 is 9.11. The largest absolute Gasteiger partial charge is 0.465 e. The van der Waals surface area contributed by atoms with E-state index in [1.807, 2.05) is 18.2 Å². The molecule has 0 spiro atoms. The summed E-state index contributed by atoms with van der Waals surface area (Å²) >= 11 is 0. The van der Waals surface area contributed by atoms with Gasteiger partial charge in [-0.3, -0.25) is 4.79 Å². The lowest BCUT2D eigenvalue weighted by Gasteiger charge is -1.97. The maximum Gasteiger partial charge on any atom is 0.402 e. The highest BCUT2D eigenvalue weighted by molar-refractivity contribution is 5.69. The van der Waals surface area contributed by atoms with Gasteiger partial charge in [-0.2, -0.15) is 0 Å². The van der Waals surface area contributed by atoms with E-state index in [4.69, 9.17) is 14.6 Å². The Kier molecular flexibility index (Phi) is 8.79. The van der Waals surface area contributed by atoms with Crippen LogP contribution < -0.4 is 10.5 Å². The van der Waals surface area contributed by atoms with Crippen LogP contribution in [-0.4, -0.2) is 22.3 Å². The molecule has 7 nitrogen and oxygen atoms in total. The van der Waals surface area contributed by atoms with Crippen LogP contribution in [0.2, 0.25) is 0 Å². The van der Waals surface area contributed by atoms with Crippen molar-refractivity contribution >= 4 is 12.1 Å². The number of rotatable bonds is 1. The molecular weight excluding hydrogens is 252 g/mol. The van der Waals surface area contributed by atoms with Gasteiger partial charge in [0.25, 0.3) is 0 Å². The number of amides is 1. The number of aromatic nitrogens is 1. The number of nitrogens with zero attached hydrogens (tertiary/aromatic N) is 1. The van der Waals surface area contributed by atoms with Crippen LogP contribution in [0.25, 0.3) is 0 Å². The molecule has 1 aromatic carbocycles. The maximum atomic E-state index is 10.4. The smallest absolute Gasteiger partial charge is 0.402 e. The van der Waals surface area contributed by atoms with Crippen LogP contribution in [0.1, 0.15) is 6.92 Å². The van der Waals surface area contributed by atoms with Gasteiger partial charge in [-0.05, 0) is 18.2 Å². The zero-order valence-electron chi connectivity index (χ0n) is 10.2. The van der Waals surface area contributed by atoms with E-state index in [1.165, 1.54) is 13.2 Å². The van der Waals surface area contributed by atoms with Gasteiger partial charge in [-0.15, -0.1) is 0 Å². The van der Waals surface area contributed by atoms with Gasteiger partial charge in [0.15, 0.2) is 0 Å². The molecular formula is C12H14N2O5. The van der Waals surface area contributed by atoms with Crippen molar-refractivity contribution in [1.29, 1.82) is 0 Å². The average molecular weight is 266 g/mol. The van der Waals surface area contributed by atoms with Gasteiger partial charge < -0.3 is 20.1 Å². The summed E-state index contributed by atoms with van der Waals surface area (Å²) in [6.45, 7) is 1.38. The first-order chi connectivity index (χ1) is 9.02. The Hall–Kier alpha value is -2.83. The first-order valence-electron chi connectivity index (χ1n) is 5.08. The number of hydrogen-bond donors (Lipinski definition) is 2. The van der Waals surface area contributed by atoms with Crippen molar-refractivity contribution in [3.05, 3.63) is 48.9 Å². The normalized spacial score (nSPS) is 8.05. The fourth-order valence-corrected chi connectivity index (χ4v) is 0.830. The summed E-state index contributed by atoms with van der Waals surface area (Å²) in [4.78, 5) is 19.2. The second kappa shape index (κ2) is 10.3. The highest BCUT2D eigenvalue weighted by Crippen LogP contribution is 2.07. The Bertz CT molecular complexity index is 435. The van der Waals surface area contributed by atoms with E-state index in [0.29, 0.717) is 5.75 Å². The minimum Gasteiger partial charge on any atom is -0.465 e. The van der Waals surface area contributed by atoms with Crippen molar-refractivity contribution in [1.82, 2.24) is 5.16 Å². The lowest BCUT2D eigenvalue weighted by molar-refractivity contribution is -0.131. The molecule has 0 radical (unpaired) electrons. The molecule has 1 aromatic heterocycles. The minimum atomic E-state index is -1.33. The van der Waals surface area contributed by atoms with Crippen LogP contribution in [0.3, 0.4) is 0 Å². The molecule has 0 atom stereocenters. The van der Waals surface area contributed by atoms with Crippen molar-refractivity contribution < 1.29 is 24.0 Å². The van der Waals surface area contributed by atoms with Crippen molar-refractivity contribution in [3.63, 3.8) is 0 Å². The summed E-state index contributed by atoms with van der Waals surface area (Å²) in [5.41, 5.74) is 4.03. The molecule has 0 saturated carbocycles. The van der Waals surface area contributed by atoms with Gasteiger partial charge in [0, 0.05) is 6.92 Å². The van der Waals surface area contributed by atoms with Crippen LogP contribution in [0.4, 0.5) is 4.79 Å². The van der Waals surface area contributed by atoms with Crippen LogP contribution in [0, 0.1) is 0 Å². The number of benzene rings is 1. The molecule has 0 bridgehead atoms. The molecule has 3 N–H and O–H groups in total. The Labute approximate surface area is 109 Å². The third kappa shape index (κ3) is 13.1. The lowest BCUT2D eigenvalue weighted by Crippen LogP contribution is -2.03. The second-order valence-electron chi connectivity index (χ2n) is 2.93. The number of carboxylic acid groups (broad SMARTS) is 1. The van der Waals surface area contributed by atoms with E-state index in [9.17, 15) is 4.79 Å². The van der Waals surface area contributed by atoms with E-state index < -0.39 is 6.09 Å². The molecule has 2 aromatic rings. The van der Waals surface area contributed by atoms with Crippen LogP contribution in [0.15, 0.2) is 53.4 Å². The van der Waals surface area contributed by atoms with Crippen LogP contribution in [0.5, 0.6) is 5.75 Å². The van der Waals surface area contributed by atoms with Gasteiger partial charge >= 0.3 is 12.1 Å². The third-order valence-electron chi connectivity index (χ3n) is 1.35. The van der Waals surface area contributed by atoms with Crippen molar-refractivity contribution in [2.24, 2.45) is 5.73 Å².